The predicted octanol–water partition coefficient (Wildman–Crippen LogP) is 4.47. The van der Waals surface area contributed by atoms with Crippen LogP contribution in [0.5, 0.6) is 0 Å². The van der Waals surface area contributed by atoms with Crippen molar-refractivity contribution in [1.29, 1.82) is 0 Å². The topological polar surface area (TPSA) is 69.7 Å². The first-order chi connectivity index (χ1) is 10.9. The van der Waals surface area contributed by atoms with Crippen molar-refractivity contribution in [2.75, 3.05) is 0 Å². The normalized spacial score (nSPS) is 10.9. The number of carbonyl (C=O) groups is 1. The second kappa shape index (κ2) is 6.22. The van der Waals surface area contributed by atoms with Crippen LogP contribution in [0.2, 0.25) is 5.02 Å². The van der Waals surface area contributed by atoms with E-state index in [0.717, 1.165) is 5.56 Å². The van der Waals surface area contributed by atoms with Crippen LogP contribution < -0.4 is 5.63 Å². The molecule has 3 aromatic rings. The summed E-state index contributed by atoms with van der Waals surface area (Å²) in [7, 11) is 0. The summed E-state index contributed by atoms with van der Waals surface area (Å²) in [4.78, 5) is 23.6. The number of hydrogen-bond donors (Lipinski definition) is 0. The fourth-order valence-corrected chi connectivity index (χ4v) is 2.58. The van der Waals surface area contributed by atoms with Gasteiger partial charge in [0, 0.05) is 22.0 Å². The SMILES string of the molecule is Cc1cc2oc(=O)cc(COC(=O)c3ccc(Br)o3)c2cc1Cl. The third kappa shape index (κ3) is 3.33. The first-order valence-corrected chi connectivity index (χ1v) is 7.76. The van der Waals surface area contributed by atoms with E-state index in [1.165, 1.54) is 12.1 Å². The molecule has 0 radical (unpaired) electrons. The number of furan rings is 1. The molecule has 0 spiro atoms. The van der Waals surface area contributed by atoms with Crippen molar-refractivity contribution in [2.45, 2.75) is 13.5 Å². The van der Waals surface area contributed by atoms with Gasteiger partial charge < -0.3 is 13.6 Å². The highest BCUT2D eigenvalue weighted by Crippen LogP contribution is 2.26. The summed E-state index contributed by atoms with van der Waals surface area (Å²) < 4.78 is 15.9. The van der Waals surface area contributed by atoms with Gasteiger partial charge in [-0.2, -0.15) is 0 Å². The number of halogens is 2. The summed E-state index contributed by atoms with van der Waals surface area (Å²) in [6, 6.07) is 7.71. The van der Waals surface area contributed by atoms with Crippen molar-refractivity contribution in [1.82, 2.24) is 0 Å². The van der Waals surface area contributed by atoms with Crippen LogP contribution in [0, 0.1) is 6.92 Å². The summed E-state index contributed by atoms with van der Waals surface area (Å²) >= 11 is 9.22. The zero-order chi connectivity index (χ0) is 16.6. The van der Waals surface area contributed by atoms with Gasteiger partial charge in [0.05, 0.1) is 0 Å². The number of hydrogen-bond acceptors (Lipinski definition) is 5. The molecule has 1 aromatic carbocycles. The molecule has 7 heteroatoms. The van der Waals surface area contributed by atoms with Crippen molar-refractivity contribution in [2.24, 2.45) is 0 Å². The standard InChI is InChI=1S/C16H10BrClO5/c1-8-4-13-10(6-11(8)18)9(5-15(19)23-13)7-21-16(20)12-2-3-14(17)22-12/h2-6H,7H2,1H3. The fraction of sp³-hybridized carbons (Fsp3) is 0.125. The van der Waals surface area contributed by atoms with Crippen LogP contribution in [0.25, 0.3) is 11.0 Å². The summed E-state index contributed by atoms with van der Waals surface area (Å²) in [5, 5.41) is 1.16. The third-order valence-corrected chi connectivity index (χ3v) is 4.08. The third-order valence-electron chi connectivity index (χ3n) is 3.24. The van der Waals surface area contributed by atoms with Crippen molar-refractivity contribution < 1.29 is 18.4 Å². The molecular weight excluding hydrogens is 388 g/mol. The molecule has 0 aliphatic carbocycles. The predicted molar refractivity (Wildman–Crippen MR) is 87.8 cm³/mol. The van der Waals surface area contributed by atoms with Gasteiger partial charge in [-0.1, -0.05) is 11.6 Å². The van der Waals surface area contributed by atoms with Crippen LogP contribution in [-0.2, 0) is 11.3 Å². The Morgan fingerprint density at radius 1 is 1.26 bits per heavy atom. The monoisotopic (exact) mass is 396 g/mol. The number of ether oxygens (including phenoxy) is 1. The van der Waals surface area contributed by atoms with E-state index in [2.05, 4.69) is 15.9 Å². The van der Waals surface area contributed by atoms with E-state index in [1.807, 2.05) is 6.92 Å². The average Bonchev–Trinajstić information content (AvgIpc) is 2.93. The van der Waals surface area contributed by atoms with E-state index in [0.29, 0.717) is 26.2 Å². The molecule has 0 atom stereocenters. The average molecular weight is 398 g/mol. The lowest BCUT2D eigenvalue weighted by Gasteiger charge is -2.08. The zero-order valence-electron chi connectivity index (χ0n) is 11.9. The van der Waals surface area contributed by atoms with E-state index in [1.54, 1.807) is 18.2 Å². The van der Waals surface area contributed by atoms with E-state index < -0.39 is 11.6 Å². The molecule has 0 saturated carbocycles. The molecule has 3 rings (SSSR count). The zero-order valence-corrected chi connectivity index (χ0v) is 14.2. The second-order valence-electron chi connectivity index (χ2n) is 4.87. The smallest absolute Gasteiger partial charge is 0.374 e. The molecule has 23 heavy (non-hydrogen) atoms. The van der Waals surface area contributed by atoms with Crippen LogP contribution >= 0.6 is 27.5 Å². The highest BCUT2D eigenvalue weighted by molar-refractivity contribution is 9.10. The lowest BCUT2D eigenvalue weighted by molar-refractivity contribution is 0.0436. The Labute approximate surface area is 143 Å². The Kier molecular flexibility index (Phi) is 4.28. The Bertz CT molecular complexity index is 957. The van der Waals surface area contributed by atoms with Gasteiger partial charge in [0.2, 0.25) is 5.76 Å². The maximum absolute atomic E-state index is 11.9. The minimum absolute atomic E-state index is 0.0676. The molecule has 118 valence electrons. The molecule has 0 fully saturated rings. The molecule has 0 aliphatic rings. The van der Waals surface area contributed by atoms with Gasteiger partial charge in [0.1, 0.15) is 12.2 Å². The fourth-order valence-electron chi connectivity index (χ4n) is 2.11. The molecule has 2 aromatic heterocycles. The molecule has 2 heterocycles. The lowest BCUT2D eigenvalue weighted by Crippen LogP contribution is -2.07. The summed E-state index contributed by atoms with van der Waals surface area (Å²) in [5.41, 5.74) is 1.17. The van der Waals surface area contributed by atoms with Crippen LogP contribution in [0.3, 0.4) is 0 Å². The Balaban J connectivity index is 1.92. The molecule has 0 saturated heterocycles. The quantitative estimate of drug-likeness (QED) is 0.482. The number of esters is 1. The Hall–Kier alpha value is -2.05. The van der Waals surface area contributed by atoms with Crippen LogP contribution in [0.1, 0.15) is 21.7 Å². The van der Waals surface area contributed by atoms with Crippen molar-refractivity contribution >= 4 is 44.5 Å². The van der Waals surface area contributed by atoms with Crippen molar-refractivity contribution in [3.05, 3.63) is 67.3 Å². The number of carbonyl (C=O) groups excluding carboxylic acids is 1. The van der Waals surface area contributed by atoms with E-state index in [4.69, 9.17) is 25.2 Å². The van der Waals surface area contributed by atoms with Gasteiger partial charge in [0.15, 0.2) is 4.67 Å². The van der Waals surface area contributed by atoms with Crippen molar-refractivity contribution in [3.63, 3.8) is 0 Å². The minimum Gasteiger partial charge on any atom is -0.455 e. The first kappa shape index (κ1) is 15.8. The molecular formula is C16H10BrClO5. The van der Waals surface area contributed by atoms with E-state index in [-0.39, 0.29) is 12.4 Å². The van der Waals surface area contributed by atoms with Gasteiger partial charge >= 0.3 is 11.6 Å². The van der Waals surface area contributed by atoms with Crippen LogP contribution in [0.15, 0.2) is 48.6 Å². The van der Waals surface area contributed by atoms with Gasteiger partial charge in [0.25, 0.3) is 0 Å². The number of rotatable bonds is 3. The lowest BCUT2D eigenvalue weighted by atomic mass is 10.1. The summed E-state index contributed by atoms with van der Waals surface area (Å²) in [5.74, 6) is -0.562. The molecule has 0 aliphatic heterocycles. The van der Waals surface area contributed by atoms with Crippen molar-refractivity contribution in [3.8, 4) is 0 Å². The molecule has 0 bridgehead atoms. The van der Waals surface area contributed by atoms with Gasteiger partial charge in [-0.3, -0.25) is 0 Å². The second-order valence-corrected chi connectivity index (χ2v) is 6.06. The van der Waals surface area contributed by atoms with E-state index in [9.17, 15) is 9.59 Å². The maximum Gasteiger partial charge on any atom is 0.374 e. The number of benzene rings is 1. The Morgan fingerprint density at radius 3 is 2.74 bits per heavy atom. The minimum atomic E-state index is -0.629. The van der Waals surface area contributed by atoms with Gasteiger partial charge in [-0.25, -0.2) is 9.59 Å². The van der Waals surface area contributed by atoms with Gasteiger partial charge in [-0.05, 0) is 52.7 Å². The summed E-state index contributed by atoms with van der Waals surface area (Å²) in [6.07, 6.45) is 0. The van der Waals surface area contributed by atoms with Gasteiger partial charge in [-0.15, -0.1) is 0 Å². The maximum atomic E-state index is 11.9. The van der Waals surface area contributed by atoms with Crippen LogP contribution in [0.4, 0.5) is 0 Å². The van der Waals surface area contributed by atoms with Crippen LogP contribution in [-0.4, -0.2) is 5.97 Å². The summed E-state index contributed by atoms with van der Waals surface area (Å²) in [6.45, 7) is 1.71. The molecule has 0 amide bonds. The number of aryl methyl sites for hydroxylation is 1. The largest absolute Gasteiger partial charge is 0.455 e. The molecule has 0 unspecified atom stereocenters. The highest BCUT2D eigenvalue weighted by atomic mass is 79.9. The van der Waals surface area contributed by atoms with E-state index >= 15 is 0 Å². The number of fused-ring (bicyclic) bond motifs is 1. The first-order valence-electron chi connectivity index (χ1n) is 6.59. The molecule has 5 nitrogen and oxygen atoms in total. The molecule has 0 N–H and O–H groups in total. The highest BCUT2D eigenvalue weighted by Gasteiger charge is 2.14. The Morgan fingerprint density at radius 2 is 2.04 bits per heavy atom.